The Labute approximate surface area is 123 Å². The molecule has 8 nitrogen and oxygen atoms in total. The first-order valence-corrected chi connectivity index (χ1v) is 6.77. The van der Waals surface area contributed by atoms with Crippen LogP contribution in [0.15, 0.2) is 0 Å². The standard InChI is InChI=1S/C13H22N2O6/c1-13(2,6-11(17)18)5-10(16)15-12(19)14-7-9-8-20-3-4-21-9/h9H,3-8H2,1-2H3,(H,17,18)(H2,14,15,16,19). The zero-order chi connectivity index (χ0) is 15.9. The van der Waals surface area contributed by atoms with Crippen LogP contribution in [0.5, 0.6) is 0 Å². The van der Waals surface area contributed by atoms with Crippen molar-refractivity contribution in [3.05, 3.63) is 0 Å². The maximum Gasteiger partial charge on any atom is 0.321 e. The average molecular weight is 302 g/mol. The van der Waals surface area contributed by atoms with Gasteiger partial charge in [0.25, 0.3) is 0 Å². The third-order valence-corrected chi connectivity index (χ3v) is 2.90. The highest BCUT2D eigenvalue weighted by Gasteiger charge is 2.26. The van der Waals surface area contributed by atoms with Gasteiger partial charge in [0.05, 0.1) is 32.3 Å². The maximum absolute atomic E-state index is 11.7. The van der Waals surface area contributed by atoms with Crippen molar-refractivity contribution in [2.45, 2.75) is 32.8 Å². The van der Waals surface area contributed by atoms with Crippen molar-refractivity contribution in [1.82, 2.24) is 10.6 Å². The van der Waals surface area contributed by atoms with Crippen LogP contribution in [-0.4, -0.2) is 55.5 Å². The topological polar surface area (TPSA) is 114 Å². The van der Waals surface area contributed by atoms with Crippen LogP contribution in [0.3, 0.4) is 0 Å². The van der Waals surface area contributed by atoms with Crippen LogP contribution < -0.4 is 10.6 Å². The van der Waals surface area contributed by atoms with E-state index in [-0.39, 0.29) is 25.5 Å². The molecule has 1 aliphatic rings. The number of aliphatic carboxylic acids is 1. The van der Waals surface area contributed by atoms with E-state index in [0.29, 0.717) is 19.8 Å². The number of carboxylic acids is 1. The molecule has 0 aromatic carbocycles. The minimum atomic E-state index is -0.980. The van der Waals surface area contributed by atoms with Crippen molar-refractivity contribution in [3.8, 4) is 0 Å². The van der Waals surface area contributed by atoms with Crippen molar-refractivity contribution < 1.29 is 29.0 Å². The first kappa shape index (κ1) is 17.4. The number of amides is 3. The van der Waals surface area contributed by atoms with Crippen molar-refractivity contribution in [1.29, 1.82) is 0 Å². The van der Waals surface area contributed by atoms with E-state index in [1.807, 2.05) is 0 Å². The fourth-order valence-corrected chi connectivity index (χ4v) is 1.98. The van der Waals surface area contributed by atoms with E-state index >= 15 is 0 Å². The van der Waals surface area contributed by atoms with Gasteiger partial charge in [-0.1, -0.05) is 13.8 Å². The number of rotatable bonds is 6. The number of urea groups is 1. The van der Waals surface area contributed by atoms with Gasteiger partial charge in [0.1, 0.15) is 0 Å². The lowest BCUT2D eigenvalue weighted by molar-refractivity contribution is -0.139. The number of nitrogens with one attached hydrogen (secondary N) is 2. The highest BCUT2D eigenvalue weighted by Crippen LogP contribution is 2.24. The molecular weight excluding hydrogens is 280 g/mol. The summed E-state index contributed by atoms with van der Waals surface area (Å²) in [5, 5.41) is 13.4. The van der Waals surface area contributed by atoms with Gasteiger partial charge < -0.3 is 19.9 Å². The van der Waals surface area contributed by atoms with Gasteiger partial charge in [-0.25, -0.2) is 4.79 Å². The van der Waals surface area contributed by atoms with E-state index in [4.69, 9.17) is 14.6 Å². The Morgan fingerprint density at radius 1 is 1.24 bits per heavy atom. The van der Waals surface area contributed by atoms with Crippen LogP contribution in [0.4, 0.5) is 4.79 Å². The van der Waals surface area contributed by atoms with Gasteiger partial charge in [0, 0.05) is 13.0 Å². The molecule has 1 unspecified atom stereocenters. The summed E-state index contributed by atoms with van der Waals surface area (Å²) < 4.78 is 10.5. The third-order valence-electron chi connectivity index (χ3n) is 2.90. The molecule has 120 valence electrons. The Hall–Kier alpha value is -1.67. The van der Waals surface area contributed by atoms with Gasteiger partial charge in [-0.05, 0) is 5.41 Å². The van der Waals surface area contributed by atoms with Gasteiger partial charge in [0.15, 0.2) is 0 Å². The molecule has 0 radical (unpaired) electrons. The normalized spacial score (nSPS) is 18.9. The second-order valence-electron chi connectivity index (χ2n) is 5.74. The minimum absolute atomic E-state index is 0.0459. The molecule has 21 heavy (non-hydrogen) atoms. The first-order valence-electron chi connectivity index (χ1n) is 6.77. The predicted octanol–water partition coefficient (Wildman–Crippen LogP) is 0.119. The molecule has 3 N–H and O–H groups in total. The Morgan fingerprint density at radius 2 is 1.95 bits per heavy atom. The molecule has 1 fully saturated rings. The summed E-state index contributed by atoms with van der Waals surface area (Å²) in [5.41, 5.74) is -0.712. The zero-order valence-electron chi connectivity index (χ0n) is 12.3. The highest BCUT2D eigenvalue weighted by molar-refractivity contribution is 5.94. The summed E-state index contributed by atoms with van der Waals surface area (Å²) in [5.74, 6) is -1.49. The second kappa shape index (κ2) is 7.94. The second-order valence-corrected chi connectivity index (χ2v) is 5.74. The molecular formula is C13H22N2O6. The van der Waals surface area contributed by atoms with Gasteiger partial charge >= 0.3 is 12.0 Å². The highest BCUT2D eigenvalue weighted by atomic mass is 16.6. The molecule has 0 spiro atoms. The van der Waals surface area contributed by atoms with Gasteiger partial charge in [-0.3, -0.25) is 14.9 Å². The molecule has 0 saturated carbocycles. The van der Waals surface area contributed by atoms with Crippen LogP contribution in [0.25, 0.3) is 0 Å². The molecule has 1 saturated heterocycles. The smallest absolute Gasteiger partial charge is 0.321 e. The van der Waals surface area contributed by atoms with Crippen LogP contribution in [0, 0.1) is 5.41 Å². The lowest BCUT2D eigenvalue weighted by atomic mass is 9.85. The van der Waals surface area contributed by atoms with Crippen molar-refractivity contribution in [2.75, 3.05) is 26.4 Å². The Kier molecular flexibility index (Phi) is 6.57. The molecule has 0 aromatic heterocycles. The average Bonchev–Trinajstić information content (AvgIpc) is 2.35. The number of carbonyl (C=O) groups is 3. The van der Waals surface area contributed by atoms with E-state index in [1.165, 1.54) is 0 Å². The summed E-state index contributed by atoms with van der Waals surface area (Å²) in [6.07, 6.45) is -0.409. The quantitative estimate of drug-likeness (QED) is 0.642. The largest absolute Gasteiger partial charge is 0.481 e. The third kappa shape index (κ3) is 7.62. The first-order chi connectivity index (χ1) is 9.78. The lowest BCUT2D eigenvalue weighted by Gasteiger charge is -2.23. The molecule has 1 atom stereocenters. The van der Waals surface area contributed by atoms with Crippen LogP contribution >= 0.6 is 0 Å². The molecule has 3 amide bonds. The van der Waals surface area contributed by atoms with Crippen molar-refractivity contribution >= 4 is 17.9 Å². The number of carbonyl (C=O) groups excluding carboxylic acids is 2. The lowest BCUT2D eigenvalue weighted by Crippen LogP contribution is -2.46. The van der Waals surface area contributed by atoms with E-state index < -0.39 is 23.3 Å². The maximum atomic E-state index is 11.7. The summed E-state index contributed by atoms with van der Waals surface area (Å²) in [7, 11) is 0. The fourth-order valence-electron chi connectivity index (χ4n) is 1.98. The number of imide groups is 1. The number of ether oxygens (including phenoxy) is 2. The number of hydrogen-bond acceptors (Lipinski definition) is 5. The molecule has 0 aromatic rings. The summed E-state index contributed by atoms with van der Waals surface area (Å²) in [6.45, 7) is 4.99. The van der Waals surface area contributed by atoms with Gasteiger partial charge in [-0.15, -0.1) is 0 Å². The number of hydrogen-bond donors (Lipinski definition) is 3. The fraction of sp³-hybridized carbons (Fsp3) is 0.769. The summed E-state index contributed by atoms with van der Waals surface area (Å²) in [6, 6.07) is -0.625. The Balaban J connectivity index is 2.26. The van der Waals surface area contributed by atoms with Gasteiger partial charge in [0.2, 0.25) is 5.91 Å². The van der Waals surface area contributed by atoms with Crippen LogP contribution in [0.1, 0.15) is 26.7 Å². The Bertz CT molecular complexity index is 390. The van der Waals surface area contributed by atoms with E-state index in [9.17, 15) is 14.4 Å². The molecule has 1 heterocycles. The van der Waals surface area contributed by atoms with Crippen molar-refractivity contribution in [3.63, 3.8) is 0 Å². The Morgan fingerprint density at radius 3 is 2.52 bits per heavy atom. The number of carboxylic acid groups (broad SMARTS) is 1. The summed E-state index contributed by atoms with van der Waals surface area (Å²) in [4.78, 5) is 33.9. The molecule has 1 rings (SSSR count). The minimum Gasteiger partial charge on any atom is -0.481 e. The van der Waals surface area contributed by atoms with Crippen LogP contribution in [-0.2, 0) is 19.1 Å². The van der Waals surface area contributed by atoms with E-state index in [2.05, 4.69) is 10.6 Å². The van der Waals surface area contributed by atoms with Crippen molar-refractivity contribution in [2.24, 2.45) is 5.41 Å². The van der Waals surface area contributed by atoms with E-state index in [1.54, 1.807) is 13.8 Å². The van der Waals surface area contributed by atoms with E-state index in [0.717, 1.165) is 0 Å². The predicted molar refractivity (Wildman–Crippen MR) is 72.8 cm³/mol. The van der Waals surface area contributed by atoms with Gasteiger partial charge in [-0.2, -0.15) is 0 Å². The van der Waals surface area contributed by atoms with Crippen LogP contribution in [0.2, 0.25) is 0 Å². The molecule has 8 heteroatoms. The zero-order valence-corrected chi connectivity index (χ0v) is 12.3. The molecule has 1 aliphatic heterocycles. The molecule has 0 aliphatic carbocycles. The monoisotopic (exact) mass is 302 g/mol. The summed E-state index contributed by atoms with van der Waals surface area (Å²) >= 11 is 0. The molecule has 0 bridgehead atoms. The SMILES string of the molecule is CC(C)(CC(=O)O)CC(=O)NC(=O)NCC1COCCO1.